The highest BCUT2D eigenvalue weighted by Crippen LogP contribution is 2.39. The maximum atomic E-state index is 12.5. The number of pyridine rings is 1. The van der Waals surface area contributed by atoms with Gasteiger partial charge in [-0.3, -0.25) is 0 Å². The second kappa shape index (κ2) is 4.52. The van der Waals surface area contributed by atoms with Crippen molar-refractivity contribution in [1.82, 2.24) is 4.98 Å². The molecule has 0 unspecified atom stereocenters. The predicted octanol–water partition coefficient (Wildman–Crippen LogP) is 3.64. The first-order valence-electron chi connectivity index (χ1n) is 3.91. The zero-order valence-electron chi connectivity index (χ0n) is 7.52. The molecule has 0 saturated heterocycles. The van der Waals surface area contributed by atoms with Crippen molar-refractivity contribution in [3.63, 3.8) is 0 Å². The molecule has 0 radical (unpaired) electrons. The fourth-order valence-electron chi connectivity index (χ4n) is 1.16. The van der Waals surface area contributed by atoms with E-state index in [1.165, 1.54) is 0 Å². The van der Waals surface area contributed by atoms with Crippen molar-refractivity contribution in [2.24, 2.45) is 0 Å². The Bertz CT molecular complexity index is 393. The molecule has 0 atom stereocenters. The topological polar surface area (TPSA) is 33.1 Å². The lowest BCUT2D eigenvalue weighted by Crippen LogP contribution is -2.14. The molecule has 0 fully saturated rings. The van der Waals surface area contributed by atoms with E-state index in [0.29, 0.717) is 6.20 Å². The smallest absolute Gasteiger partial charge is 0.433 e. The lowest BCUT2D eigenvalue weighted by atomic mass is 10.1. The maximum Gasteiger partial charge on any atom is 0.433 e. The summed E-state index contributed by atoms with van der Waals surface area (Å²) in [7, 11) is 0. The first-order valence-corrected chi connectivity index (χ1v) is 5.03. The number of hydrogen-bond acceptors (Lipinski definition) is 2. The Morgan fingerprint density at radius 3 is 2.31 bits per heavy atom. The molecule has 0 bridgehead atoms. The number of hydrogen-bond donors (Lipinski definition) is 1. The number of rotatable bonds is 2. The molecule has 1 rings (SSSR count). The molecule has 16 heavy (non-hydrogen) atoms. The molecule has 1 heterocycles. The average Bonchev–Trinajstić information content (AvgIpc) is 2.14. The first kappa shape index (κ1) is 13.1. The van der Waals surface area contributed by atoms with Crippen LogP contribution in [0.3, 0.4) is 0 Å². The average molecular weight is 306 g/mol. The molecule has 0 aromatic carbocycles. The number of aromatic hydroxyl groups is 1. The van der Waals surface area contributed by atoms with Crippen molar-refractivity contribution < 1.29 is 27.1 Å². The van der Waals surface area contributed by atoms with Crippen molar-refractivity contribution in [1.29, 1.82) is 0 Å². The molecule has 1 aromatic heterocycles. The number of aromatic nitrogens is 1. The highest BCUT2D eigenvalue weighted by Gasteiger charge is 2.39. The first-order chi connectivity index (χ1) is 7.29. The lowest BCUT2D eigenvalue weighted by Gasteiger charge is -2.15. The van der Waals surface area contributed by atoms with Gasteiger partial charge in [-0.1, -0.05) is 15.9 Å². The van der Waals surface area contributed by atoms with Gasteiger partial charge in [0.2, 0.25) is 0 Å². The van der Waals surface area contributed by atoms with Gasteiger partial charge in [0.15, 0.2) is 5.69 Å². The second-order valence-corrected chi connectivity index (χ2v) is 3.38. The summed E-state index contributed by atoms with van der Waals surface area (Å²) >= 11 is 2.74. The van der Waals surface area contributed by atoms with Gasteiger partial charge in [-0.2, -0.15) is 13.2 Å². The zero-order valence-corrected chi connectivity index (χ0v) is 9.11. The van der Waals surface area contributed by atoms with Crippen molar-refractivity contribution >= 4 is 15.9 Å². The summed E-state index contributed by atoms with van der Waals surface area (Å²) in [6, 6.07) is 0. The van der Waals surface area contributed by atoms with Gasteiger partial charge in [0, 0.05) is 10.9 Å². The van der Waals surface area contributed by atoms with Gasteiger partial charge in [-0.15, -0.1) is 0 Å². The Balaban J connectivity index is 3.52. The van der Waals surface area contributed by atoms with E-state index in [-0.39, 0.29) is 5.33 Å². The van der Waals surface area contributed by atoms with Gasteiger partial charge in [-0.05, 0) is 0 Å². The molecule has 2 nitrogen and oxygen atoms in total. The summed E-state index contributed by atoms with van der Waals surface area (Å²) in [5.41, 5.74) is -3.46. The van der Waals surface area contributed by atoms with E-state index >= 15 is 0 Å². The van der Waals surface area contributed by atoms with Crippen LogP contribution in [0.4, 0.5) is 22.0 Å². The lowest BCUT2D eigenvalue weighted by molar-refractivity contribution is -0.143. The fraction of sp³-hybridized carbons (Fsp3) is 0.375. The maximum absolute atomic E-state index is 12.5. The zero-order chi connectivity index (χ0) is 12.5. The van der Waals surface area contributed by atoms with Gasteiger partial charge < -0.3 is 5.11 Å². The van der Waals surface area contributed by atoms with Gasteiger partial charge in [-0.25, -0.2) is 13.8 Å². The standard InChI is InChI=1S/C8H5BrF5NO/c9-1-3-4(16)2-15-6(8(12,13)14)5(3)7(10)11/h2,7,16H,1H2. The summed E-state index contributed by atoms with van der Waals surface area (Å²) in [6.45, 7) is 0. The van der Waals surface area contributed by atoms with Crippen LogP contribution in [0.1, 0.15) is 23.2 Å². The summed E-state index contributed by atoms with van der Waals surface area (Å²) in [6.07, 6.45) is -7.83. The van der Waals surface area contributed by atoms with E-state index in [0.717, 1.165) is 0 Å². The molecule has 0 spiro atoms. The molecule has 90 valence electrons. The summed E-state index contributed by atoms with van der Waals surface area (Å²) in [5.74, 6) is -0.694. The van der Waals surface area contributed by atoms with Crippen LogP contribution >= 0.6 is 15.9 Å². The minimum atomic E-state index is -4.98. The van der Waals surface area contributed by atoms with Crippen LogP contribution in [-0.2, 0) is 11.5 Å². The van der Waals surface area contributed by atoms with E-state index in [2.05, 4.69) is 20.9 Å². The Morgan fingerprint density at radius 1 is 1.38 bits per heavy atom. The Hall–Kier alpha value is -0.920. The van der Waals surface area contributed by atoms with Crippen molar-refractivity contribution in [2.75, 3.05) is 0 Å². The fourth-order valence-corrected chi connectivity index (χ4v) is 1.74. The molecule has 0 saturated carbocycles. The second-order valence-electron chi connectivity index (χ2n) is 2.82. The minimum Gasteiger partial charge on any atom is -0.506 e. The summed E-state index contributed by atoms with van der Waals surface area (Å²) < 4.78 is 62.1. The predicted molar refractivity (Wildman–Crippen MR) is 48.5 cm³/mol. The van der Waals surface area contributed by atoms with Crippen molar-refractivity contribution in [2.45, 2.75) is 17.9 Å². The third kappa shape index (κ3) is 2.42. The molecule has 1 N–H and O–H groups in total. The molecule has 0 amide bonds. The van der Waals surface area contributed by atoms with Gasteiger partial charge >= 0.3 is 6.18 Å². The largest absolute Gasteiger partial charge is 0.506 e. The van der Waals surface area contributed by atoms with Crippen LogP contribution < -0.4 is 0 Å². The van der Waals surface area contributed by atoms with Crippen LogP contribution in [-0.4, -0.2) is 10.1 Å². The van der Waals surface area contributed by atoms with Crippen LogP contribution in [0, 0.1) is 0 Å². The highest BCUT2D eigenvalue weighted by molar-refractivity contribution is 9.08. The van der Waals surface area contributed by atoms with Crippen LogP contribution in [0.5, 0.6) is 5.75 Å². The normalized spacial score (nSPS) is 12.2. The monoisotopic (exact) mass is 305 g/mol. The molecule has 0 aliphatic heterocycles. The molecule has 1 aromatic rings. The number of nitrogens with zero attached hydrogens (tertiary/aromatic N) is 1. The minimum absolute atomic E-state index is 0.315. The Kier molecular flexibility index (Phi) is 3.72. The highest BCUT2D eigenvalue weighted by atomic mass is 79.9. The van der Waals surface area contributed by atoms with E-state index < -0.39 is 35.2 Å². The van der Waals surface area contributed by atoms with E-state index in [1.54, 1.807) is 0 Å². The Morgan fingerprint density at radius 2 is 1.94 bits per heavy atom. The number of halogens is 6. The molecule has 8 heteroatoms. The summed E-state index contributed by atoms with van der Waals surface area (Å²) in [4.78, 5) is 2.80. The van der Waals surface area contributed by atoms with Crippen LogP contribution in [0.15, 0.2) is 6.20 Å². The van der Waals surface area contributed by atoms with Gasteiger partial charge in [0.05, 0.1) is 11.8 Å². The SMILES string of the molecule is Oc1cnc(C(F)(F)F)c(C(F)F)c1CBr. The van der Waals surface area contributed by atoms with E-state index in [9.17, 15) is 22.0 Å². The molecular weight excluding hydrogens is 301 g/mol. The third-order valence-electron chi connectivity index (χ3n) is 1.83. The number of alkyl halides is 6. The van der Waals surface area contributed by atoms with E-state index in [1.807, 2.05) is 0 Å². The molecular formula is C8H5BrF5NO. The van der Waals surface area contributed by atoms with Gasteiger partial charge in [0.25, 0.3) is 6.43 Å². The molecule has 0 aliphatic carbocycles. The summed E-state index contributed by atoms with van der Waals surface area (Å²) in [5, 5.41) is 8.82. The quantitative estimate of drug-likeness (QED) is 0.668. The van der Waals surface area contributed by atoms with Gasteiger partial charge in [0.1, 0.15) is 5.75 Å². The Labute approximate surface area is 95.2 Å². The van der Waals surface area contributed by atoms with Crippen molar-refractivity contribution in [3.8, 4) is 5.75 Å². The van der Waals surface area contributed by atoms with E-state index in [4.69, 9.17) is 5.11 Å². The van der Waals surface area contributed by atoms with Crippen molar-refractivity contribution in [3.05, 3.63) is 23.0 Å². The van der Waals surface area contributed by atoms with Crippen LogP contribution in [0.25, 0.3) is 0 Å². The molecule has 0 aliphatic rings. The van der Waals surface area contributed by atoms with Crippen LogP contribution in [0.2, 0.25) is 0 Å². The third-order valence-corrected chi connectivity index (χ3v) is 2.39.